The summed E-state index contributed by atoms with van der Waals surface area (Å²) in [7, 11) is 0. The summed E-state index contributed by atoms with van der Waals surface area (Å²) in [4.78, 5) is 0. The van der Waals surface area contributed by atoms with Crippen LogP contribution in [-0.2, 0) is 13.2 Å². The van der Waals surface area contributed by atoms with Gasteiger partial charge in [-0.25, -0.2) is 0 Å². The number of nitrogens with zero attached hydrogens (tertiary/aromatic N) is 1. The average molecular weight is 428 g/mol. The van der Waals surface area contributed by atoms with Gasteiger partial charge in [-0.3, -0.25) is 0 Å². The van der Waals surface area contributed by atoms with Gasteiger partial charge in [0.15, 0.2) is 0 Å². The van der Waals surface area contributed by atoms with Crippen molar-refractivity contribution >= 4 is 11.8 Å². The van der Waals surface area contributed by atoms with Gasteiger partial charge in [-0.15, -0.1) is 0 Å². The van der Waals surface area contributed by atoms with Crippen molar-refractivity contribution in [3.8, 4) is 0 Å². The van der Waals surface area contributed by atoms with Gasteiger partial charge in [0.2, 0.25) is 0 Å². The predicted octanol–water partition coefficient (Wildman–Crippen LogP) is 8.26. The molecule has 1 aromatic heterocycles. The summed E-state index contributed by atoms with van der Waals surface area (Å²) < 4.78 is 2.32. The molecule has 0 saturated carbocycles. The van der Waals surface area contributed by atoms with Gasteiger partial charge < -0.3 is 9.67 Å². The third-order valence-corrected chi connectivity index (χ3v) is 5.70. The van der Waals surface area contributed by atoms with Crippen LogP contribution in [0.2, 0.25) is 0 Å². The Bertz CT molecular complexity index is 797. The number of hydrogen-bond acceptors (Lipinski definition) is 2. The van der Waals surface area contributed by atoms with E-state index in [9.17, 15) is 5.11 Å². The van der Waals surface area contributed by atoms with Crippen LogP contribution in [0.5, 0.6) is 0 Å². The number of rotatable bonds is 9. The molecule has 30 heavy (non-hydrogen) atoms. The summed E-state index contributed by atoms with van der Waals surface area (Å²) in [5.41, 5.74) is 5.85. The number of hydrogen-bond donors (Lipinski definition) is 1. The maximum absolute atomic E-state index is 9.99. The van der Waals surface area contributed by atoms with E-state index in [1.807, 2.05) is 58.1 Å². The van der Waals surface area contributed by atoms with E-state index in [0.29, 0.717) is 5.92 Å². The van der Waals surface area contributed by atoms with E-state index in [0.717, 1.165) is 17.8 Å². The van der Waals surface area contributed by atoms with Crippen molar-refractivity contribution in [1.29, 1.82) is 0 Å². The zero-order valence-corrected chi connectivity index (χ0v) is 21.0. The van der Waals surface area contributed by atoms with E-state index >= 15 is 0 Å². The van der Waals surface area contributed by atoms with Gasteiger partial charge in [-0.1, -0.05) is 80.8 Å². The molecule has 0 saturated heterocycles. The van der Waals surface area contributed by atoms with Crippen LogP contribution < -0.4 is 0 Å². The van der Waals surface area contributed by atoms with Crippen molar-refractivity contribution in [3.05, 3.63) is 88.6 Å². The van der Waals surface area contributed by atoms with Crippen molar-refractivity contribution in [1.82, 2.24) is 4.57 Å². The van der Waals surface area contributed by atoms with Crippen LogP contribution >= 0.6 is 11.8 Å². The molecule has 0 atom stereocenters. The summed E-state index contributed by atoms with van der Waals surface area (Å²) in [5.74, 6) is 0.351. The molecule has 0 unspecified atom stereocenters. The van der Waals surface area contributed by atoms with E-state index in [1.54, 1.807) is 11.8 Å². The topological polar surface area (TPSA) is 25.2 Å². The van der Waals surface area contributed by atoms with Crippen LogP contribution in [0.4, 0.5) is 0 Å². The summed E-state index contributed by atoms with van der Waals surface area (Å²) >= 11 is 1.74. The molecular formula is C27H41NOS. The largest absolute Gasteiger partial charge is 0.392 e. The third-order valence-electron chi connectivity index (χ3n) is 4.55. The second-order valence-corrected chi connectivity index (χ2v) is 8.16. The lowest BCUT2D eigenvalue weighted by atomic mass is 10.0. The Morgan fingerprint density at radius 2 is 1.67 bits per heavy atom. The molecule has 1 aromatic rings. The Kier molecular flexibility index (Phi) is 14.8. The molecule has 166 valence electrons. The van der Waals surface area contributed by atoms with E-state index in [-0.39, 0.29) is 6.61 Å². The van der Waals surface area contributed by atoms with Crippen LogP contribution in [0.15, 0.2) is 76.8 Å². The number of aliphatic hydroxyl groups is 1. The maximum atomic E-state index is 9.99. The van der Waals surface area contributed by atoms with Gasteiger partial charge >= 0.3 is 0 Å². The van der Waals surface area contributed by atoms with E-state index in [4.69, 9.17) is 0 Å². The third kappa shape index (κ3) is 8.81. The van der Waals surface area contributed by atoms with Crippen LogP contribution in [0.25, 0.3) is 0 Å². The monoisotopic (exact) mass is 427 g/mol. The Morgan fingerprint density at radius 3 is 2.10 bits per heavy atom. The number of aliphatic hydroxyl groups excluding tert-OH is 1. The number of allylic oxidation sites excluding steroid dienone is 10. The first-order valence-electron chi connectivity index (χ1n) is 10.6. The second kappa shape index (κ2) is 15.8. The molecule has 1 heterocycles. The van der Waals surface area contributed by atoms with Crippen molar-refractivity contribution < 1.29 is 5.11 Å². The SMILES string of the molecule is C/C=C\C.C=C/C=C(\C=C/C)Cn1c(C)c(CO)c(C(C)C)c1S/C=C(C)/C=C/C. The molecule has 0 aliphatic carbocycles. The first-order chi connectivity index (χ1) is 14.3. The second-order valence-electron chi connectivity index (χ2n) is 7.31. The van der Waals surface area contributed by atoms with Gasteiger partial charge in [0.1, 0.15) is 0 Å². The maximum Gasteiger partial charge on any atom is 0.0834 e. The smallest absolute Gasteiger partial charge is 0.0834 e. The van der Waals surface area contributed by atoms with Gasteiger partial charge in [-0.2, -0.15) is 0 Å². The minimum atomic E-state index is 0.0710. The molecule has 1 N–H and O–H groups in total. The normalized spacial score (nSPS) is 13.0. The Morgan fingerprint density at radius 1 is 1.07 bits per heavy atom. The highest BCUT2D eigenvalue weighted by Crippen LogP contribution is 2.37. The molecular weight excluding hydrogens is 386 g/mol. The van der Waals surface area contributed by atoms with Crippen molar-refractivity contribution in [2.24, 2.45) is 0 Å². The highest BCUT2D eigenvalue weighted by atomic mass is 32.2. The van der Waals surface area contributed by atoms with E-state index < -0.39 is 0 Å². The molecule has 3 heteroatoms. The van der Waals surface area contributed by atoms with Crippen LogP contribution in [0.1, 0.15) is 71.2 Å². The van der Waals surface area contributed by atoms with Crippen LogP contribution in [-0.4, -0.2) is 9.67 Å². The van der Waals surface area contributed by atoms with E-state index in [1.165, 1.54) is 21.7 Å². The van der Waals surface area contributed by atoms with E-state index in [2.05, 4.69) is 62.5 Å². The van der Waals surface area contributed by atoms with Crippen LogP contribution in [0.3, 0.4) is 0 Å². The average Bonchev–Trinajstić information content (AvgIpc) is 2.98. The molecule has 0 fully saturated rings. The minimum absolute atomic E-state index is 0.0710. The summed E-state index contributed by atoms with van der Waals surface area (Å²) in [6, 6.07) is 0. The van der Waals surface area contributed by atoms with Crippen LogP contribution in [0, 0.1) is 6.92 Å². The first-order valence-corrected chi connectivity index (χ1v) is 11.5. The standard InChI is InChI=1S/C23H33NOS.C4H8/c1-8-11-18(6)16-26-23-22(17(4)5)21(15-25)19(7)24(23)14-20(12-9-2)13-10-3;1-3-4-2/h8-13,16-17,25H,2,14-15H2,1,3-7H3;3-4H,1-2H3/b11-8+,13-10-,18-16+,20-12+;4-3-. The summed E-state index contributed by atoms with van der Waals surface area (Å²) in [6.07, 6.45) is 16.2. The molecule has 0 bridgehead atoms. The highest BCUT2D eigenvalue weighted by molar-refractivity contribution is 8.02. The zero-order valence-electron chi connectivity index (χ0n) is 20.2. The number of aromatic nitrogens is 1. The van der Waals surface area contributed by atoms with Gasteiger partial charge in [0, 0.05) is 17.8 Å². The lowest BCUT2D eigenvalue weighted by Gasteiger charge is -2.14. The van der Waals surface area contributed by atoms with Gasteiger partial charge in [0.25, 0.3) is 0 Å². The Hall–Kier alpha value is -1.97. The fourth-order valence-corrected chi connectivity index (χ4v) is 4.25. The number of thioether (sulfide) groups is 1. The van der Waals surface area contributed by atoms with Crippen molar-refractivity contribution in [3.63, 3.8) is 0 Å². The van der Waals surface area contributed by atoms with Gasteiger partial charge in [0.05, 0.1) is 11.6 Å². The molecule has 1 rings (SSSR count). The predicted molar refractivity (Wildman–Crippen MR) is 137 cm³/mol. The first kappa shape index (κ1) is 28.0. The highest BCUT2D eigenvalue weighted by Gasteiger charge is 2.22. The molecule has 0 aromatic carbocycles. The molecule has 0 amide bonds. The summed E-state index contributed by atoms with van der Waals surface area (Å²) in [5, 5.41) is 13.4. The molecule has 2 nitrogen and oxygen atoms in total. The molecule has 0 aliphatic heterocycles. The van der Waals surface area contributed by atoms with Crippen molar-refractivity contribution in [2.75, 3.05) is 0 Å². The quantitative estimate of drug-likeness (QED) is 0.244. The molecule has 0 spiro atoms. The fourth-order valence-electron chi connectivity index (χ4n) is 3.06. The lowest BCUT2D eigenvalue weighted by Crippen LogP contribution is -2.04. The Balaban J connectivity index is 0.00000192. The Labute approximate surface area is 189 Å². The van der Waals surface area contributed by atoms with Gasteiger partial charge in [-0.05, 0) is 69.6 Å². The molecule has 0 aliphatic rings. The lowest BCUT2D eigenvalue weighted by molar-refractivity contribution is 0.279. The fraction of sp³-hybridized carbons (Fsp3) is 0.407. The zero-order chi connectivity index (χ0) is 23.1. The molecule has 0 radical (unpaired) electrons. The van der Waals surface area contributed by atoms with Crippen molar-refractivity contribution in [2.45, 2.75) is 79.5 Å². The minimum Gasteiger partial charge on any atom is -0.392 e. The summed E-state index contributed by atoms with van der Waals surface area (Å²) in [6.45, 7) is 21.3.